The van der Waals surface area contributed by atoms with Crippen LogP contribution in [0, 0.1) is 0 Å². The van der Waals surface area contributed by atoms with E-state index in [1.807, 2.05) is 35.0 Å². The van der Waals surface area contributed by atoms with E-state index in [1.165, 1.54) is 5.56 Å². The Labute approximate surface area is 150 Å². The van der Waals surface area contributed by atoms with Gasteiger partial charge in [0.2, 0.25) is 5.28 Å². The Bertz CT molecular complexity index is 927. The van der Waals surface area contributed by atoms with E-state index in [-0.39, 0.29) is 17.2 Å². The molecule has 7 heteroatoms. The molecule has 3 N–H and O–H groups in total. The van der Waals surface area contributed by atoms with Gasteiger partial charge in [0.1, 0.15) is 17.2 Å². The topological polar surface area (TPSA) is 86.2 Å². The first-order valence-electron chi connectivity index (χ1n) is 8.18. The number of benzene rings is 1. The van der Waals surface area contributed by atoms with Gasteiger partial charge in [0, 0.05) is 6.20 Å². The zero-order valence-electron chi connectivity index (χ0n) is 13.8. The molecule has 0 bridgehead atoms. The van der Waals surface area contributed by atoms with Crippen molar-refractivity contribution in [3.8, 4) is 5.75 Å². The number of aliphatic hydroxyl groups is 1. The normalized spacial score (nSPS) is 23.2. The standard InChI is InChI=1S/C18H19ClN4O2/c1-25-12-4-2-3-10(7-12)11-8-14(15(24)9-11)23-6-5-13-16(20)21-18(19)22-17(13)23/h2-7,11,14-15,24H,8-9H2,1H3,(H2,20,21,22)/t11-,14+,15+/m0/s1. The first-order chi connectivity index (χ1) is 12.1. The summed E-state index contributed by atoms with van der Waals surface area (Å²) in [6, 6.07) is 9.80. The highest BCUT2D eigenvalue weighted by atomic mass is 35.5. The molecule has 25 heavy (non-hydrogen) atoms. The van der Waals surface area contributed by atoms with Crippen LogP contribution in [0.15, 0.2) is 36.5 Å². The Morgan fingerprint density at radius 1 is 1.28 bits per heavy atom. The van der Waals surface area contributed by atoms with Gasteiger partial charge in [0.25, 0.3) is 0 Å². The highest BCUT2D eigenvalue weighted by Gasteiger charge is 2.36. The predicted molar refractivity (Wildman–Crippen MR) is 97.0 cm³/mol. The van der Waals surface area contributed by atoms with E-state index >= 15 is 0 Å². The van der Waals surface area contributed by atoms with Crippen molar-refractivity contribution in [2.45, 2.75) is 30.9 Å². The first kappa shape index (κ1) is 16.2. The zero-order chi connectivity index (χ0) is 17.6. The largest absolute Gasteiger partial charge is 0.497 e. The molecule has 1 aromatic carbocycles. The summed E-state index contributed by atoms with van der Waals surface area (Å²) in [5.41, 5.74) is 7.76. The second kappa shape index (κ2) is 6.20. The van der Waals surface area contributed by atoms with Gasteiger partial charge in [-0.1, -0.05) is 12.1 Å². The predicted octanol–water partition coefficient (Wildman–Crippen LogP) is 3.16. The highest BCUT2D eigenvalue weighted by molar-refractivity contribution is 6.28. The first-order valence-corrected chi connectivity index (χ1v) is 8.56. The SMILES string of the molecule is COc1cccc([C@@H]2C[C@@H](O)[C@H](n3ccc4c(N)nc(Cl)nc43)C2)c1. The summed E-state index contributed by atoms with van der Waals surface area (Å²) in [6.45, 7) is 0. The number of hydrogen-bond acceptors (Lipinski definition) is 5. The summed E-state index contributed by atoms with van der Waals surface area (Å²) in [4.78, 5) is 8.29. The quantitative estimate of drug-likeness (QED) is 0.702. The average molecular weight is 359 g/mol. The zero-order valence-corrected chi connectivity index (χ0v) is 14.5. The van der Waals surface area contributed by atoms with Gasteiger partial charge >= 0.3 is 0 Å². The van der Waals surface area contributed by atoms with Crippen molar-refractivity contribution >= 4 is 28.5 Å². The maximum Gasteiger partial charge on any atom is 0.226 e. The van der Waals surface area contributed by atoms with E-state index in [0.29, 0.717) is 17.9 Å². The van der Waals surface area contributed by atoms with Gasteiger partial charge < -0.3 is 20.1 Å². The summed E-state index contributed by atoms with van der Waals surface area (Å²) >= 11 is 5.96. The minimum atomic E-state index is -0.471. The molecule has 3 atom stereocenters. The molecule has 0 unspecified atom stereocenters. The molecule has 6 nitrogen and oxygen atoms in total. The lowest BCUT2D eigenvalue weighted by Gasteiger charge is -2.17. The number of anilines is 1. The van der Waals surface area contributed by atoms with Gasteiger partial charge in [-0.2, -0.15) is 4.98 Å². The number of nitrogens with two attached hydrogens (primary N) is 1. The summed E-state index contributed by atoms with van der Waals surface area (Å²) in [5.74, 6) is 1.43. The van der Waals surface area contributed by atoms with E-state index in [0.717, 1.165) is 17.6 Å². The van der Waals surface area contributed by atoms with Gasteiger partial charge in [-0.25, -0.2) is 4.98 Å². The monoisotopic (exact) mass is 358 g/mol. The molecule has 4 rings (SSSR count). The highest BCUT2D eigenvalue weighted by Crippen LogP contribution is 2.43. The second-order valence-electron chi connectivity index (χ2n) is 6.42. The number of aliphatic hydroxyl groups excluding tert-OH is 1. The van der Waals surface area contributed by atoms with E-state index in [9.17, 15) is 5.11 Å². The lowest BCUT2D eigenvalue weighted by molar-refractivity contribution is 0.137. The molecule has 0 spiro atoms. The molecular weight excluding hydrogens is 340 g/mol. The van der Waals surface area contributed by atoms with Gasteiger partial charge in [0.05, 0.1) is 24.6 Å². The Morgan fingerprint density at radius 2 is 2.12 bits per heavy atom. The van der Waals surface area contributed by atoms with Crippen LogP contribution >= 0.6 is 11.6 Å². The fourth-order valence-electron chi connectivity index (χ4n) is 3.76. The third-order valence-corrected chi connectivity index (χ3v) is 5.16. The van der Waals surface area contributed by atoms with E-state index in [1.54, 1.807) is 7.11 Å². The van der Waals surface area contributed by atoms with Crippen LogP contribution < -0.4 is 10.5 Å². The molecule has 0 saturated heterocycles. The minimum absolute atomic E-state index is 0.0842. The minimum Gasteiger partial charge on any atom is -0.497 e. The number of fused-ring (bicyclic) bond motifs is 1. The maximum absolute atomic E-state index is 10.7. The smallest absolute Gasteiger partial charge is 0.226 e. The molecule has 2 aromatic heterocycles. The lowest BCUT2D eigenvalue weighted by atomic mass is 9.97. The number of aromatic nitrogens is 3. The van der Waals surface area contributed by atoms with Gasteiger partial charge in [-0.3, -0.25) is 0 Å². The van der Waals surface area contributed by atoms with Crippen molar-refractivity contribution in [3.05, 3.63) is 47.4 Å². The fraction of sp³-hybridized carbons (Fsp3) is 0.333. The van der Waals surface area contributed by atoms with Crippen LogP contribution in [0.4, 0.5) is 5.82 Å². The van der Waals surface area contributed by atoms with Crippen molar-refractivity contribution < 1.29 is 9.84 Å². The number of halogens is 1. The van der Waals surface area contributed by atoms with Crippen molar-refractivity contribution in [2.75, 3.05) is 12.8 Å². The molecule has 1 aliphatic rings. The number of ether oxygens (including phenoxy) is 1. The van der Waals surface area contributed by atoms with Crippen LogP contribution in [0.25, 0.3) is 11.0 Å². The van der Waals surface area contributed by atoms with Crippen LogP contribution in [0.1, 0.15) is 30.4 Å². The molecule has 3 aromatic rings. The molecule has 0 aliphatic heterocycles. The Kier molecular flexibility index (Phi) is 4.01. The number of nitrogen functional groups attached to an aromatic ring is 1. The second-order valence-corrected chi connectivity index (χ2v) is 6.76. The molecule has 2 heterocycles. The molecule has 1 aliphatic carbocycles. The molecular formula is C18H19ClN4O2. The van der Waals surface area contributed by atoms with E-state index in [4.69, 9.17) is 22.1 Å². The number of hydrogen-bond donors (Lipinski definition) is 2. The number of methoxy groups -OCH3 is 1. The Morgan fingerprint density at radius 3 is 2.92 bits per heavy atom. The Hall–Kier alpha value is -2.31. The van der Waals surface area contributed by atoms with Crippen LogP contribution in [0.5, 0.6) is 5.75 Å². The summed E-state index contributed by atoms with van der Waals surface area (Å²) in [7, 11) is 1.66. The van der Waals surface area contributed by atoms with Crippen molar-refractivity contribution in [2.24, 2.45) is 0 Å². The Balaban J connectivity index is 1.68. The third kappa shape index (κ3) is 2.81. The van der Waals surface area contributed by atoms with Crippen molar-refractivity contribution in [1.82, 2.24) is 14.5 Å². The van der Waals surface area contributed by atoms with Crippen molar-refractivity contribution in [3.63, 3.8) is 0 Å². The molecule has 1 saturated carbocycles. The van der Waals surface area contributed by atoms with Crippen LogP contribution in [0.3, 0.4) is 0 Å². The molecule has 130 valence electrons. The van der Waals surface area contributed by atoms with E-state index in [2.05, 4.69) is 16.0 Å². The summed E-state index contributed by atoms with van der Waals surface area (Å²) in [6.07, 6.45) is 2.92. The van der Waals surface area contributed by atoms with Gasteiger partial charge in [0.15, 0.2) is 0 Å². The fourth-order valence-corrected chi connectivity index (χ4v) is 3.93. The van der Waals surface area contributed by atoms with Gasteiger partial charge in [-0.05, 0) is 54.1 Å². The summed E-state index contributed by atoms with van der Waals surface area (Å²) < 4.78 is 7.27. The molecule has 1 fully saturated rings. The lowest BCUT2D eigenvalue weighted by Crippen LogP contribution is -2.17. The third-order valence-electron chi connectivity index (χ3n) is 4.99. The molecule has 0 amide bonds. The van der Waals surface area contributed by atoms with Crippen LogP contribution in [-0.2, 0) is 0 Å². The maximum atomic E-state index is 10.7. The molecule has 0 radical (unpaired) electrons. The van der Waals surface area contributed by atoms with Crippen LogP contribution in [0.2, 0.25) is 5.28 Å². The van der Waals surface area contributed by atoms with Gasteiger partial charge in [-0.15, -0.1) is 0 Å². The van der Waals surface area contributed by atoms with Crippen molar-refractivity contribution in [1.29, 1.82) is 0 Å². The van der Waals surface area contributed by atoms with E-state index < -0.39 is 6.10 Å². The summed E-state index contributed by atoms with van der Waals surface area (Å²) in [5, 5.41) is 11.5. The number of nitrogens with zero attached hydrogens (tertiary/aromatic N) is 3. The van der Waals surface area contributed by atoms with Crippen LogP contribution in [-0.4, -0.2) is 32.9 Å². The number of rotatable bonds is 3. The average Bonchev–Trinajstić information content (AvgIpc) is 3.18.